The number of imidazole rings is 1. The number of hydrogen-bond acceptors (Lipinski definition) is 5. The highest BCUT2D eigenvalue weighted by Gasteiger charge is 2.07. The van der Waals surface area contributed by atoms with E-state index in [-0.39, 0.29) is 5.91 Å². The standard InChI is InChI=1S/C21H19N5OS/c1-15-25-19(13-28-15)18-4-2-16(3-5-18)11-21(27)24-12-17-6-7-23-20(10-17)26-9-8-22-14-26/h2-10,13-14H,11-12H2,1H3,(H,24,27). The summed E-state index contributed by atoms with van der Waals surface area (Å²) in [6.45, 7) is 2.45. The molecule has 1 amide bonds. The van der Waals surface area contributed by atoms with Crippen molar-refractivity contribution in [1.29, 1.82) is 0 Å². The Bertz CT molecular complexity index is 1070. The van der Waals surface area contributed by atoms with Gasteiger partial charge in [-0.2, -0.15) is 0 Å². The van der Waals surface area contributed by atoms with Crippen LogP contribution in [-0.2, 0) is 17.8 Å². The van der Waals surface area contributed by atoms with Crippen LogP contribution in [0, 0.1) is 6.92 Å². The molecule has 1 aromatic carbocycles. The Morgan fingerprint density at radius 1 is 1.14 bits per heavy atom. The summed E-state index contributed by atoms with van der Waals surface area (Å²) in [5.74, 6) is 0.760. The molecule has 0 saturated carbocycles. The molecule has 7 heteroatoms. The second-order valence-electron chi connectivity index (χ2n) is 6.39. The van der Waals surface area contributed by atoms with Crippen LogP contribution in [0.1, 0.15) is 16.1 Å². The lowest BCUT2D eigenvalue weighted by molar-refractivity contribution is -0.120. The van der Waals surface area contributed by atoms with Gasteiger partial charge in [0.25, 0.3) is 0 Å². The van der Waals surface area contributed by atoms with Crippen molar-refractivity contribution in [2.75, 3.05) is 0 Å². The molecule has 3 aromatic heterocycles. The largest absolute Gasteiger partial charge is 0.352 e. The van der Waals surface area contributed by atoms with Crippen molar-refractivity contribution in [2.45, 2.75) is 19.9 Å². The molecular formula is C21H19N5OS. The number of nitrogens with zero attached hydrogens (tertiary/aromatic N) is 4. The second-order valence-corrected chi connectivity index (χ2v) is 7.46. The zero-order chi connectivity index (χ0) is 19.3. The molecule has 0 atom stereocenters. The number of nitrogens with one attached hydrogen (secondary N) is 1. The number of carbonyl (C=O) groups excluding carboxylic acids is 1. The quantitative estimate of drug-likeness (QED) is 0.547. The van der Waals surface area contributed by atoms with Gasteiger partial charge in [-0.25, -0.2) is 15.0 Å². The summed E-state index contributed by atoms with van der Waals surface area (Å²) in [7, 11) is 0. The zero-order valence-corrected chi connectivity index (χ0v) is 16.2. The minimum Gasteiger partial charge on any atom is -0.352 e. The topological polar surface area (TPSA) is 72.7 Å². The summed E-state index contributed by atoms with van der Waals surface area (Å²) in [5, 5.41) is 6.06. The van der Waals surface area contributed by atoms with Crippen LogP contribution in [0.3, 0.4) is 0 Å². The van der Waals surface area contributed by atoms with Crippen LogP contribution in [0.4, 0.5) is 0 Å². The van der Waals surface area contributed by atoms with Gasteiger partial charge >= 0.3 is 0 Å². The fourth-order valence-corrected chi connectivity index (χ4v) is 3.47. The zero-order valence-electron chi connectivity index (χ0n) is 15.4. The maximum atomic E-state index is 12.3. The Morgan fingerprint density at radius 3 is 2.71 bits per heavy atom. The molecular weight excluding hydrogens is 370 g/mol. The molecule has 6 nitrogen and oxygen atoms in total. The number of thiazole rings is 1. The molecule has 1 N–H and O–H groups in total. The molecule has 0 aliphatic heterocycles. The van der Waals surface area contributed by atoms with Crippen molar-refractivity contribution in [3.8, 4) is 17.1 Å². The van der Waals surface area contributed by atoms with Crippen LogP contribution in [0.5, 0.6) is 0 Å². The molecule has 28 heavy (non-hydrogen) atoms. The van der Waals surface area contributed by atoms with Gasteiger partial charge in [-0.1, -0.05) is 24.3 Å². The molecule has 4 rings (SSSR count). The van der Waals surface area contributed by atoms with Gasteiger partial charge in [-0.15, -0.1) is 11.3 Å². The molecule has 0 aliphatic carbocycles. The third kappa shape index (κ3) is 4.32. The first-order valence-electron chi connectivity index (χ1n) is 8.89. The Hall–Kier alpha value is -3.32. The monoisotopic (exact) mass is 389 g/mol. The second kappa shape index (κ2) is 8.14. The van der Waals surface area contributed by atoms with E-state index in [1.165, 1.54) is 0 Å². The van der Waals surface area contributed by atoms with Gasteiger partial charge in [0.2, 0.25) is 5.91 Å². The van der Waals surface area contributed by atoms with E-state index in [2.05, 4.69) is 20.3 Å². The molecule has 4 aromatic rings. The molecule has 0 radical (unpaired) electrons. The highest BCUT2D eigenvalue weighted by Crippen LogP contribution is 2.21. The van der Waals surface area contributed by atoms with E-state index >= 15 is 0 Å². The molecule has 0 spiro atoms. The SMILES string of the molecule is Cc1nc(-c2ccc(CC(=O)NCc3ccnc(-n4ccnc4)c3)cc2)cs1. The smallest absolute Gasteiger partial charge is 0.224 e. The molecule has 0 bridgehead atoms. The summed E-state index contributed by atoms with van der Waals surface area (Å²) in [4.78, 5) is 25.1. The van der Waals surface area contributed by atoms with Crippen molar-refractivity contribution >= 4 is 17.2 Å². The average molecular weight is 389 g/mol. The summed E-state index contributed by atoms with van der Waals surface area (Å²) in [5.41, 5.74) is 4.01. The van der Waals surface area contributed by atoms with E-state index in [0.29, 0.717) is 13.0 Å². The molecule has 3 heterocycles. The predicted molar refractivity (Wildman–Crippen MR) is 109 cm³/mol. The predicted octanol–water partition coefficient (Wildman–Crippen LogP) is 3.56. The molecule has 0 fully saturated rings. The van der Waals surface area contributed by atoms with Crippen molar-refractivity contribution in [3.05, 3.63) is 82.8 Å². The highest BCUT2D eigenvalue weighted by atomic mass is 32.1. The van der Waals surface area contributed by atoms with Gasteiger partial charge in [0.1, 0.15) is 12.1 Å². The lowest BCUT2D eigenvalue weighted by atomic mass is 10.1. The van der Waals surface area contributed by atoms with E-state index < -0.39 is 0 Å². The first-order valence-corrected chi connectivity index (χ1v) is 9.77. The lowest BCUT2D eigenvalue weighted by Crippen LogP contribution is -2.24. The minimum atomic E-state index is -0.0155. The van der Waals surface area contributed by atoms with Crippen LogP contribution in [-0.4, -0.2) is 25.4 Å². The molecule has 0 unspecified atom stereocenters. The van der Waals surface area contributed by atoms with Crippen LogP contribution < -0.4 is 5.32 Å². The Morgan fingerprint density at radius 2 is 2.00 bits per heavy atom. The van der Waals surface area contributed by atoms with E-state index in [4.69, 9.17) is 0 Å². The van der Waals surface area contributed by atoms with Crippen LogP contribution in [0.25, 0.3) is 17.1 Å². The number of aryl methyl sites for hydroxylation is 1. The maximum Gasteiger partial charge on any atom is 0.224 e. The fraction of sp³-hybridized carbons (Fsp3) is 0.143. The summed E-state index contributed by atoms with van der Waals surface area (Å²) in [6, 6.07) is 11.8. The number of amides is 1. The summed E-state index contributed by atoms with van der Waals surface area (Å²) < 4.78 is 1.83. The number of carbonyl (C=O) groups is 1. The van der Waals surface area contributed by atoms with Crippen molar-refractivity contribution in [1.82, 2.24) is 24.8 Å². The van der Waals surface area contributed by atoms with Crippen molar-refractivity contribution < 1.29 is 4.79 Å². The van der Waals surface area contributed by atoms with Crippen LogP contribution in [0.2, 0.25) is 0 Å². The molecule has 140 valence electrons. The normalized spacial score (nSPS) is 10.8. The number of benzene rings is 1. The summed E-state index contributed by atoms with van der Waals surface area (Å²) >= 11 is 1.63. The van der Waals surface area contributed by atoms with Crippen molar-refractivity contribution in [2.24, 2.45) is 0 Å². The minimum absolute atomic E-state index is 0.0155. The lowest BCUT2D eigenvalue weighted by Gasteiger charge is -2.08. The van der Waals surface area contributed by atoms with E-state index in [9.17, 15) is 4.79 Å². The Labute approximate surface area is 166 Å². The van der Waals surface area contributed by atoms with Crippen LogP contribution >= 0.6 is 11.3 Å². The fourth-order valence-electron chi connectivity index (χ4n) is 2.84. The van der Waals surface area contributed by atoms with Gasteiger partial charge in [-0.3, -0.25) is 9.36 Å². The number of pyridine rings is 1. The summed E-state index contributed by atoms with van der Waals surface area (Å²) in [6.07, 6.45) is 7.31. The van der Waals surface area contributed by atoms with Crippen LogP contribution in [0.15, 0.2) is 66.7 Å². The molecule has 0 saturated heterocycles. The van der Waals surface area contributed by atoms with Crippen molar-refractivity contribution in [3.63, 3.8) is 0 Å². The average Bonchev–Trinajstić information content (AvgIpc) is 3.39. The first kappa shape index (κ1) is 18.1. The Kier molecular flexibility index (Phi) is 5.25. The molecule has 0 aliphatic rings. The number of aromatic nitrogens is 4. The highest BCUT2D eigenvalue weighted by molar-refractivity contribution is 7.09. The first-order chi connectivity index (χ1) is 13.7. The van der Waals surface area contributed by atoms with Gasteiger partial charge in [0.15, 0.2) is 0 Å². The van der Waals surface area contributed by atoms with Gasteiger partial charge in [0, 0.05) is 36.1 Å². The van der Waals surface area contributed by atoms with Gasteiger partial charge in [-0.05, 0) is 30.2 Å². The third-order valence-corrected chi connectivity index (χ3v) is 5.08. The van der Waals surface area contributed by atoms with Gasteiger partial charge in [0.05, 0.1) is 17.1 Å². The Balaban J connectivity index is 1.34. The number of hydrogen-bond donors (Lipinski definition) is 1. The maximum absolute atomic E-state index is 12.3. The van der Waals surface area contributed by atoms with Gasteiger partial charge < -0.3 is 5.32 Å². The third-order valence-electron chi connectivity index (χ3n) is 4.30. The van der Waals surface area contributed by atoms with E-state index in [1.807, 2.05) is 59.5 Å². The van der Waals surface area contributed by atoms with E-state index in [0.717, 1.165) is 33.2 Å². The van der Waals surface area contributed by atoms with E-state index in [1.54, 1.807) is 30.1 Å². The number of rotatable bonds is 6.